The number of likely N-dealkylation sites (tertiary alicyclic amines) is 1. The average molecular weight is 363 g/mol. The standard InChI is InChI=1S/C20H30N2O2S/c1-3-4-7-16-10-12-21(13-11-16)19(23)15(2)14-22-17-8-5-6-9-18(17)25-20(22)24/h5-6,8-9,15-16,19,23H,3-4,7,10-14H2,1-2H3/t15-,19?/m1/s1. The number of aliphatic hydroxyl groups is 1. The first-order chi connectivity index (χ1) is 12.1. The fraction of sp³-hybridized carbons (Fsp3) is 0.650. The minimum absolute atomic E-state index is 0.0305. The van der Waals surface area contributed by atoms with E-state index in [1.54, 1.807) is 0 Å². The van der Waals surface area contributed by atoms with Crippen LogP contribution in [0.15, 0.2) is 29.1 Å². The number of thiazole rings is 1. The number of aromatic nitrogens is 1. The molecule has 1 N–H and O–H groups in total. The van der Waals surface area contributed by atoms with Crippen LogP contribution in [0.3, 0.4) is 0 Å². The molecule has 2 atom stereocenters. The summed E-state index contributed by atoms with van der Waals surface area (Å²) in [5.74, 6) is 0.852. The van der Waals surface area contributed by atoms with Gasteiger partial charge in [0.2, 0.25) is 0 Å². The van der Waals surface area contributed by atoms with Crippen molar-refractivity contribution in [3.8, 4) is 0 Å². The molecule has 0 aliphatic carbocycles. The van der Waals surface area contributed by atoms with Gasteiger partial charge in [-0.15, -0.1) is 0 Å². The maximum absolute atomic E-state index is 12.3. The SMILES string of the molecule is CCCCC1CCN(C(O)[C@H](C)Cn2c(=O)sc3ccccc32)CC1. The molecule has 2 aromatic rings. The summed E-state index contributed by atoms with van der Waals surface area (Å²) in [6.07, 6.45) is 5.81. The van der Waals surface area contributed by atoms with Crippen LogP contribution in [0.25, 0.3) is 10.2 Å². The maximum Gasteiger partial charge on any atom is 0.308 e. The molecule has 138 valence electrons. The highest BCUT2D eigenvalue weighted by molar-refractivity contribution is 7.16. The number of hydrogen-bond acceptors (Lipinski definition) is 4. The second-order valence-corrected chi connectivity index (χ2v) is 8.45. The summed E-state index contributed by atoms with van der Waals surface area (Å²) in [7, 11) is 0. The Hall–Kier alpha value is -1.17. The normalized spacial score (nSPS) is 19.3. The zero-order chi connectivity index (χ0) is 17.8. The van der Waals surface area contributed by atoms with Crippen LogP contribution in [0.5, 0.6) is 0 Å². The highest BCUT2D eigenvalue weighted by Gasteiger charge is 2.27. The molecular formula is C20H30N2O2S. The van der Waals surface area contributed by atoms with Gasteiger partial charge in [0, 0.05) is 25.6 Å². The number of piperidine rings is 1. The summed E-state index contributed by atoms with van der Waals surface area (Å²) in [4.78, 5) is 14.6. The number of aliphatic hydroxyl groups excluding tert-OH is 1. The van der Waals surface area contributed by atoms with Crippen molar-refractivity contribution in [1.29, 1.82) is 0 Å². The second-order valence-electron chi connectivity index (χ2n) is 7.46. The van der Waals surface area contributed by atoms with Crippen molar-refractivity contribution in [3.05, 3.63) is 33.9 Å². The minimum atomic E-state index is -0.474. The van der Waals surface area contributed by atoms with Crippen molar-refractivity contribution in [2.45, 2.75) is 58.7 Å². The second kappa shape index (κ2) is 8.47. The molecule has 5 heteroatoms. The van der Waals surface area contributed by atoms with E-state index in [1.807, 2.05) is 35.8 Å². The maximum atomic E-state index is 12.3. The number of hydrogen-bond donors (Lipinski definition) is 1. The molecule has 1 aromatic carbocycles. The van der Waals surface area contributed by atoms with Gasteiger partial charge in [0.15, 0.2) is 0 Å². The molecule has 0 spiro atoms. The first-order valence-corrected chi connectivity index (χ1v) is 10.4. The Morgan fingerprint density at radius 3 is 2.72 bits per heavy atom. The Balaban J connectivity index is 1.60. The third-order valence-corrected chi connectivity index (χ3v) is 6.50. The van der Waals surface area contributed by atoms with E-state index >= 15 is 0 Å². The molecule has 0 amide bonds. The van der Waals surface area contributed by atoms with E-state index in [9.17, 15) is 9.90 Å². The van der Waals surface area contributed by atoms with E-state index in [0.29, 0.717) is 6.54 Å². The fourth-order valence-electron chi connectivity index (χ4n) is 3.93. The van der Waals surface area contributed by atoms with Crippen LogP contribution >= 0.6 is 11.3 Å². The zero-order valence-electron chi connectivity index (χ0n) is 15.4. The van der Waals surface area contributed by atoms with E-state index in [4.69, 9.17) is 0 Å². The fourth-order valence-corrected chi connectivity index (χ4v) is 4.83. The van der Waals surface area contributed by atoms with Crippen molar-refractivity contribution in [1.82, 2.24) is 9.47 Å². The van der Waals surface area contributed by atoms with E-state index < -0.39 is 6.23 Å². The molecule has 2 heterocycles. The number of para-hydroxylation sites is 1. The molecule has 3 rings (SSSR count). The van der Waals surface area contributed by atoms with Gasteiger partial charge in [-0.1, -0.05) is 56.6 Å². The van der Waals surface area contributed by atoms with Crippen molar-refractivity contribution >= 4 is 21.6 Å². The predicted molar refractivity (Wildman–Crippen MR) is 105 cm³/mol. The third kappa shape index (κ3) is 4.33. The Bertz CT molecular complexity index is 731. The van der Waals surface area contributed by atoms with Crippen molar-refractivity contribution in [2.24, 2.45) is 11.8 Å². The number of nitrogens with zero attached hydrogens (tertiary/aromatic N) is 2. The van der Waals surface area contributed by atoms with Crippen LogP contribution in [-0.2, 0) is 6.54 Å². The topological polar surface area (TPSA) is 45.5 Å². The number of fused-ring (bicyclic) bond motifs is 1. The van der Waals surface area contributed by atoms with Gasteiger partial charge in [0.25, 0.3) is 0 Å². The van der Waals surface area contributed by atoms with Crippen molar-refractivity contribution < 1.29 is 5.11 Å². The number of rotatable bonds is 7. The molecule has 25 heavy (non-hydrogen) atoms. The van der Waals surface area contributed by atoms with Gasteiger partial charge in [-0.2, -0.15) is 0 Å². The predicted octanol–water partition coefficient (Wildman–Crippen LogP) is 3.92. The molecule has 1 aromatic heterocycles. The Morgan fingerprint density at radius 2 is 2.00 bits per heavy atom. The summed E-state index contributed by atoms with van der Waals surface area (Å²) in [6, 6.07) is 7.91. The zero-order valence-corrected chi connectivity index (χ0v) is 16.2. The summed E-state index contributed by atoms with van der Waals surface area (Å²) in [5.41, 5.74) is 0.981. The minimum Gasteiger partial charge on any atom is -0.378 e. The summed E-state index contributed by atoms with van der Waals surface area (Å²) in [5, 5.41) is 10.8. The molecule has 1 aliphatic heterocycles. The first-order valence-electron chi connectivity index (χ1n) is 9.60. The van der Waals surface area contributed by atoms with Gasteiger partial charge in [-0.05, 0) is 30.9 Å². The van der Waals surface area contributed by atoms with Crippen LogP contribution in [0.1, 0.15) is 46.0 Å². The van der Waals surface area contributed by atoms with Gasteiger partial charge in [-0.3, -0.25) is 14.3 Å². The van der Waals surface area contributed by atoms with Crippen LogP contribution < -0.4 is 4.87 Å². The van der Waals surface area contributed by atoms with Gasteiger partial charge in [0.1, 0.15) is 6.23 Å². The Labute approximate surface area is 154 Å². The lowest BCUT2D eigenvalue weighted by Gasteiger charge is -2.37. The summed E-state index contributed by atoms with van der Waals surface area (Å²) < 4.78 is 2.84. The molecule has 1 saturated heterocycles. The van der Waals surface area contributed by atoms with E-state index in [2.05, 4.69) is 11.8 Å². The summed E-state index contributed by atoms with van der Waals surface area (Å²) >= 11 is 1.29. The highest BCUT2D eigenvalue weighted by Crippen LogP contribution is 2.26. The molecule has 1 aliphatic rings. The Morgan fingerprint density at radius 1 is 1.28 bits per heavy atom. The van der Waals surface area contributed by atoms with Crippen LogP contribution in [0.4, 0.5) is 0 Å². The molecule has 0 bridgehead atoms. The lowest BCUT2D eigenvalue weighted by atomic mass is 9.91. The average Bonchev–Trinajstić information content (AvgIpc) is 2.95. The molecule has 0 saturated carbocycles. The molecular weight excluding hydrogens is 332 g/mol. The molecule has 1 unspecified atom stereocenters. The third-order valence-electron chi connectivity index (χ3n) is 5.54. The monoisotopic (exact) mass is 362 g/mol. The van der Waals surface area contributed by atoms with E-state index in [-0.39, 0.29) is 10.8 Å². The van der Waals surface area contributed by atoms with E-state index in [0.717, 1.165) is 29.2 Å². The Kier molecular flexibility index (Phi) is 6.31. The largest absolute Gasteiger partial charge is 0.378 e. The molecule has 0 radical (unpaired) electrons. The first kappa shape index (κ1) is 18.6. The van der Waals surface area contributed by atoms with Crippen molar-refractivity contribution in [2.75, 3.05) is 13.1 Å². The van der Waals surface area contributed by atoms with Gasteiger partial charge < -0.3 is 5.11 Å². The van der Waals surface area contributed by atoms with Gasteiger partial charge >= 0.3 is 4.87 Å². The highest BCUT2D eigenvalue weighted by atomic mass is 32.1. The molecule has 4 nitrogen and oxygen atoms in total. The summed E-state index contributed by atoms with van der Waals surface area (Å²) in [6.45, 7) is 6.81. The van der Waals surface area contributed by atoms with Crippen molar-refractivity contribution in [3.63, 3.8) is 0 Å². The number of unbranched alkanes of at least 4 members (excludes halogenated alkanes) is 1. The quantitative estimate of drug-likeness (QED) is 0.812. The smallest absolute Gasteiger partial charge is 0.308 e. The molecule has 1 fully saturated rings. The van der Waals surface area contributed by atoms with Gasteiger partial charge in [0.05, 0.1) is 10.2 Å². The lowest BCUT2D eigenvalue weighted by molar-refractivity contribution is -0.0553. The number of benzene rings is 1. The van der Waals surface area contributed by atoms with Crippen LogP contribution in [0, 0.1) is 11.8 Å². The van der Waals surface area contributed by atoms with Crippen LogP contribution in [0.2, 0.25) is 0 Å². The van der Waals surface area contributed by atoms with Gasteiger partial charge in [-0.25, -0.2) is 0 Å². The van der Waals surface area contributed by atoms with E-state index in [1.165, 1.54) is 43.4 Å². The van der Waals surface area contributed by atoms with Crippen LogP contribution in [-0.4, -0.2) is 33.9 Å². The lowest BCUT2D eigenvalue weighted by Crippen LogP contribution is -2.45.